The van der Waals surface area contributed by atoms with Gasteiger partial charge in [0.2, 0.25) is 0 Å². The van der Waals surface area contributed by atoms with Crippen molar-refractivity contribution in [3.8, 4) is 11.5 Å². The smallest absolute Gasteiger partial charge is 0.258 e. The number of piperazine rings is 1. The minimum atomic E-state index is -0.0716. The van der Waals surface area contributed by atoms with Gasteiger partial charge in [0.05, 0.1) is 31.7 Å². The summed E-state index contributed by atoms with van der Waals surface area (Å²) >= 11 is 0. The topological polar surface area (TPSA) is 70.7 Å². The Bertz CT molecular complexity index is 1040. The Morgan fingerprint density at radius 3 is 2.34 bits per heavy atom. The first-order chi connectivity index (χ1) is 14.2. The summed E-state index contributed by atoms with van der Waals surface area (Å²) < 4.78 is 10.7. The van der Waals surface area contributed by atoms with Crippen LogP contribution in [0.5, 0.6) is 11.5 Å². The molecule has 1 N–H and O–H groups in total. The summed E-state index contributed by atoms with van der Waals surface area (Å²) in [7, 11) is 3.31. The number of aromatic nitrogens is 2. The van der Waals surface area contributed by atoms with Gasteiger partial charge in [-0.3, -0.25) is 14.6 Å². The van der Waals surface area contributed by atoms with Crippen LogP contribution >= 0.6 is 0 Å². The van der Waals surface area contributed by atoms with E-state index >= 15 is 0 Å². The second kappa shape index (κ2) is 8.63. The van der Waals surface area contributed by atoms with Crippen molar-refractivity contribution >= 4 is 10.9 Å². The number of rotatable bonds is 6. The minimum absolute atomic E-state index is 0.0716. The third kappa shape index (κ3) is 4.41. The predicted molar refractivity (Wildman–Crippen MR) is 112 cm³/mol. The molecule has 4 rings (SSSR count). The van der Waals surface area contributed by atoms with Crippen molar-refractivity contribution in [3.05, 3.63) is 64.2 Å². The van der Waals surface area contributed by atoms with Crippen LogP contribution in [0.3, 0.4) is 0 Å². The first-order valence-electron chi connectivity index (χ1n) is 9.80. The largest absolute Gasteiger partial charge is 0.493 e. The van der Waals surface area contributed by atoms with Gasteiger partial charge in [0.15, 0.2) is 11.5 Å². The van der Waals surface area contributed by atoms with Crippen molar-refractivity contribution in [2.45, 2.75) is 13.1 Å². The zero-order valence-corrected chi connectivity index (χ0v) is 16.9. The SMILES string of the molecule is COc1ccc(CN2CCN(Cc3nc4ccccc4c(=O)[nH]3)CC2)cc1OC. The average molecular weight is 394 g/mol. The van der Waals surface area contributed by atoms with E-state index in [2.05, 4.69) is 25.8 Å². The van der Waals surface area contributed by atoms with Gasteiger partial charge >= 0.3 is 0 Å². The van der Waals surface area contributed by atoms with Gasteiger partial charge in [0.1, 0.15) is 5.82 Å². The molecule has 152 valence electrons. The van der Waals surface area contributed by atoms with Gasteiger partial charge in [-0.2, -0.15) is 0 Å². The predicted octanol–water partition coefficient (Wildman–Crippen LogP) is 2.26. The van der Waals surface area contributed by atoms with Crippen LogP contribution in [-0.2, 0) is 13.1 Å². The van der Waals surface area contributed by atoms with E-state index in [4.69, 9.17) is 9.47 Å². The third-order valence-electron chi connectivity index (χ3n) is 5.35. The number of nitrogens with one attached hydrogen (secondary N) is 1. The Balaban J connectivity index is 1.36. The van der Waals surface area contributed by atoms with E-state index in [9.17, 15) is 4.79 Å². The van der Waals surface area contributed by atoms with Gasteiger partial charge in [0.25, 0.3) is 5.56 Å². The van der Waals surface area contributed by atoms with Gasteiger partial charge in [-0.25, -0.2) is 4.98 Å². The van der Waals surface area contributed by atoms with Crippen LogP contribution < -0.4 is 15.0 Å². The standard InChI is InChI=1S/C22H26N4O3/c1-28-19-8-7-16(13-20(19)29-2)14-25-9-11-26(12-10-25)15-21-23-18-6-4-3-5-17(18)22(27)24-21/h3-8,13H,9-12,14-15H2,1-2H3,(H,23,24,27). The summed E-state index contributed by atoms with van der Waals surface area (Å²) in [4.78, 5) is 24.5. The quantitative estimate of drug-likeness (QED) is 0.692. The number of hydrogen-bond donors (Lipinski definition) is 1. The lowest BCUT2D eigenvalue weighted by molar-refractivity contribution is 0.120. The van der Waals surface area contributed by atoms with E-state index in [-0.39, 0.29) is 5.56 Å². The van der Waals surface area contributed by atoms with Crippen LogP contribution in [0.15, 0.2) is 47.3 Å². The van der Waals surface area contributed by atoms with E-state index < -0.39 is 0 Å². The molecule has 0 spiro atoms. The van der Waals surface area contributed by atoms with Crippen LogP contribution in [0, 0.1) is 0 Å². The highest BCUT2D eigenvalue weighted by atomic mass is 16.5. The lowest BCUT2D eigenvalue weighted by atomic mass is 10.1. The van der Waals surface area contributed by atoms with Gasteiger partial charge in [-0.05, 0) is 29.8 Å². The van der Waals surface area contributed by atoms with Crippen molar-refractivity contribution in [2.75, 3.05) is 40.4 Å². The van der Waals surface area contributed by atoms with E-state index in [1.165, 1.54) is 5.56 Å². The summed E-state index contributed by atoms with van der Waals surface area (Å²) in [6.45, 7) is 5.33. The fraction of sp³-hybridized carbons (Fsp3) is 0.364. The molecule has 0 atom stereocenters. The number of aromatic amines is 1. The zero-order valence-electron chi connectivity index (χ0n) is 16.9. The zero-order chi connectivity index (χ0) is 20.2. The fourth-order valence-corrected chi connectivity index (χ4v) is 3.76. The summed E-state index contributed by atoms with van der Waals surface area (Å²) in [5, 5.41) is 0.635. The lowest BCUT2D eigenvalue weighted by Gasteiger charge is -2.34. The Morgan fingerprint density at radius 2 is 1.62 bits per heavy atom. The normalized spacial score (nSPS) is 15.5. The Morgan fingerprint density at radius 1 is 0.931 bits per heavy atom. The molecule has 0 amide bonds. The van der Waals surface area contributed by atoms with Gasteiger partial charge in [0, 0.05) is 32.7 Å². The third-order valence-corrected chi connectivity index (χ3v) is 5.35. The number of ether oxygens (including phenoxy) is 2. The fourth-order valence-electron chi connectivity index (χ4n) is 3.76. The maximum atomic E-state index is 12.3. The first-order valence-corrected chi connectivity index (χ1v) is 9.80. The van der Waals surface area contributed by atoms with Crippen LogP contribution in [-0.4, -0.2) is 60.2 Å². The molecule has 1 fully saturated rings. The number of nitrogens with zero attached hydrogens (tertiary/aromatic N) is 3. The maximum Gasteiger partial charge on any atom is 0.258 e. The molecule has 1 aromatic heterocycles. The molecule has 0 aliphatic carbocycles. The molecule has 0 saturated carbocycles. The molecular formula is C22H26N4O3. The second-order valence-electron chi connectivity index (χ2n) is 7.27. The second-order valence-corrected chi connectivity index (χ2v) is 7.27. The van der Waals surface area contributed by atoms with Gasteiger partial charge < -0.3 is 14.5 Å². The molecule has 0 unspecified atom stereocenters. The minimum Gasteiger partial charge on any atom is -0.493 e. The van der Waals surface area contributed by atoms with Crippen LogP contribution in [0.2, 0.25) is 0 Å². The Labute approximate surface area is 169 Å². The van der Waals surface area contributed by atoms with Crippen LogP contribution in [0.4, 0.5) is 0 Å². The molecule has 3 aromatic rings. The Hall–Kier alpha value is -2.90. The molecular weight excluding hydrogens is 368 g/mol. The molecule has 2 aromatic carbocycles. The number of methoxy groups -OCH3 is 2. The summed E-state index contributed by atoms with van der Waals surface area (Å²) in [6.07, 6.45) is 0. The molecule has 1 aliphatic heterocycles. The first kappa shape index (κ1) is 19.4. The number of benzene rings is 2. The van der Waals surface area contributed by atoms with E-state index in [0.717, 1.165) is 55.6 Å². The molecule has 1 saturated heterocycles. The van der Waals surface area contributed by atoms with E-state index in [0.29, 0.717) is 11.9 Å². The molecule has 29 heavy (non-hydrogen) atoms. The maximum absolute atomic E-state index is 12.3. The van der Waals surface area contributed by atoms with Crippen molar-refractivity contribution in [1.82, 2.24) is 19.8 Å². The number of para-hydroxylation sites is 1. The molecule has 0 radical (unpaired) electrons. The van der Waals surface area contributed by atoms with Gasteiger partial charge in [-0.1, -0.05) is 18.2 Å². The number of hydrogen-bond acceptors (Lipinski definition) is 6. The van der Waals surface area contributed by atoms with Crippen molar-refractivity contribution in [1.29, 1.82) is 0 Å². The van der Waals surface area contributed by atoms with Crippen LogP contribution in [0.1, 0.15) is 11.4 Å². The molecule has 7 heteroatoms. The van der Waals surface area contributed by atoms with E-state index in [1.807, 2.05) is 30.3 Å². The number of fused-ring (bicyclic) bond motifs is 1. The average Bonchev–Trinajstić information content (AvgIpc) is 2.75. The molecule has 0 bridgehead atoms. The van der Waals surface area contributed by atoms with Crippen LogP contribution in [0.25, 0.3) is 10.9 Å². The molecule has 1 aliphatic rings. The number of H-pyrrole nitrogens is 1. The molecule has 2 heterocycles. The summed E-state index contributed by atoms with van der Waals surface area (Å²) in [6, 6.07) is 13.5. The molecule has 7 nitrogen and oxygen atoms in total. The van der Waals surface area contributed by atoms with Crippen molar-refractivity contribution < 1.29 is 9.47 Å². The lowest BCUT2D eigenvalue weighted by Crippen LogP contribution is -2.45. The monoisotopic (exact) mass is 394 g/mol. The Kier molecular flexibility index (Phi) is 5.78. The highest BCUT2D eigenvalue weighted by Gasteiger charge is 2.19. The van der Waals surface area contributed by atoms with Crippen molar-refractivity contribution in [2.24, 2.45) is 0 Å². The summed E-state index contributed by atoms with van der Waals surface area (Å²) in [5.41, 5.74) is 1.88. The van der Waals surface area contributed by atoms with Gasteiger partial charge in [-0.15, -0.1) is 0 Å². The summed E-state index contributed by atoms with van der Waals surface area (Å²) in [5.74, 6) is 2.23. The van der Waals surface area contributed by atoms with E-state index in [1.54, 1.807) is 20.3 Å². The highest BCUT2D eigenvalue weighted by molar-refractivity contribution is 5.77. The highest BCUT2D eigenvalue weighted by Crippen LogP contribution is 2.28. The van der Waals surface area contributed by atoms with Crippen molar-refractivity contribution in [3.63, 3.8) is 0 Å².